The van der Waals surface area contributed by atoms with Crippen molar-refractivity contribution in [2.24, 2.45) is 0 Å². The zero-order chi connectivity index (χ0) is 10.8. The Bertz CT molecular complexity index is 379. The predicted octanol–water partition coefficient (Wildman–Crippen LogP) is 3.49. The molecular formula is C14H19N. The van der Waals surface area contributed by atoms with Gasteiger partial charge in [0.1, 0.15) is 0 Å². The SMILES string of the molecule is C=C(CC)N1Cc2ccc(CC)cc2C1. The van der Waals surface area contributed by atoms with Crippen LogP contribution in [0.3, 0.4) is 0 Å². The van der Waals surface area contributed by atoms with Crippen LogP contribution in [0.1, 0.15) is 37.0 Å². The molecule has 0 aliphatic carbocycles. The van der Waals surface area contributed by atoms with Gasteiger partial charge in [0.15, 0.2) is 0 Å². The van der Waals surface area contributed by atoms with Crippen LogP contribution in [0.4, 0.5) is 0 Å². The molecule has 1 aromatic rings. The van der Waals surface area contributed by atoms with Gasteiger partial charge in [-0.25, -0.2) is 0 Å². The number of benzene rings is 1. The van der Waals surface area contributed by atoms with Gasteiger partial charge in [-0.2, -0.15) is 0 Å². The quantitative estimate of drug-likeness (QED) is 0.723. The summed E-state index contributed by atoms with van der Waals surface area (Å²) in [5.41, 5.74) is 5.66. The second kappa shape index (κ2) is 4.09. The van der Waals surface area contributed by atoms with E-state index in [2.05, 4.69) is 43.5 Å². The summed E-state index contributed by atoms with van der Waals surface area (Å²) >= 11 is 0. The molecule has 1 aliphatic rings. The van der Waals surface area contributed by atoms with Crippen molar-refractivity contribution in [2.75, 3.05) is 0 Å². The highest BCUT2D eigenvalue weighted by molar-refractivity contribution is 5.35. The van der Waals surface area contributed by atoms with Gasteiger partial charge >= 0.3 is 0 Å². The molecule has 1 heterocycles. The molecule has 0 radical (unpaired) electrons. The van der Waals surface area contributed by atoms with Crippen LogP contribution in [-0.2, 0) is 19.5 Å². The minimum atomic E-state index is 1.05. The maximum atomic E-state index is 4.11. The summed E-state index contributed by atoms with van der Waals surface area (Å²) in [6.07, 6.45) is 2.18. The van der Waals surface area contributed by atoms with Gasteiger partial charge in [-0.05, 0) is 29.5 Å². The average Bonchev–Trinajstić information content (AvgIpc) is 2.70. The Morgan fingerprint density at radius 1 is 1.27 bits per heavy atom. The number of hydrogen-bond donors (Lipinski definition) is 0. The third-order valence-corrected chi connectivity index (χ3v) is 3.26. The normalized spacial score (nSPS) is 14.1. The van der Waals surface area contributed by atoms with Crippen molar-refractivity contribution < 1.29 is 0 Å². The Hall–Kier alpha value is -1.24. The van der Waals surface area contributed by atoms with E-state index in [0.29, 0.717) is 0 Å². The van der Waals surface area contributed by atoms with Gasteiger partial charge in [-0.1, -0.05) is 38.6 Å². The van der Waals surface area contributed by atoms with Crippen LogP contribution in [0, 0.1) is 0 Å². The summed E-state index contributed by atoms with van der Waals surface area (Å²) in [6, 6.07) is 6.87. The molecule has 0 amide bonds. The van der Waals surface area contributed by atoms with Gasteiger partial charge < -0.3 is 4.90 Å². The molecule has 0 spiro atoms. The Kier molecular flexibility index (Phi) is 2.81. The van der Waals surface area contributed by atoms with E-state index in [0.717, 1.165) is 25.9 Å². The van der Waals surface area contributed by atoms with Gasteiger partial charge in [0.2, 0.25) is 0 Å². The lowest BCUT2D eigenvalue weighted by Gasteiger charge is -2.18. The van der Waals surface area contributed by atoms with Crippen molar-refractivity contribution in [3.05, 3.63) is 47.2 Å². The Morgan fingerprint density at radius 3 is 2.67 bits per heavy atom. The van der Waals surface area contributed by atoms with E-state index in [1.165, 1.54) is 22.4 Å². The summed E-state index contributed by atoms with van der Waals surface area (Å²) in [7, 11) is 0. The average molecular weight is 201 g/mol. The van der Waals surface area contributed by atoms with Crippen molar-refractivity contribution in [1.29, 1.82) is 0 Å². The Morgan fingerprint density at radius 2 is 2.00 bits per heavy atom. The van der Waals surface area contributed by atoms with E-state index >= 15 is 0 Å². The second-order valence-electron chi connectivity index (χ2n) is 4.23. The topological polar surface area (TPSA) is 3.24 Å². The Balaban J connectivity index is 2.20. The highest BCUT2D eigenvalue weighted by Gasteiger charge is 2.18. The van der Waals surface area contributed by atoms with Crippen LogP contribution in [0.5, 0.6) is 0 Å². The molecular weight excluding hydrogens is 182 g/mol. The van der Waals surface area contributed by atoms with Crippen molar-refractivity contribution in [3.63, 3.8) is 0 Å². The van der Waals surface area contributed by atoms with Crippen molar-refractivity contribution >= 4 is 0 Å². The van der Waals surface area contributed by atoms with Gasteiger partial charge in [0.25, 0.3) is 0 Å². The van der Waals surface area contributed by atoms with Gasteiger partial charge in [0.05, 0.1) is 0 Å². The fourth-order valence-corrected chi connectivity index (χ4v) is 2.11. The first-order valence-corrected chi connectivity index (χ1v) is 5.78. The van der Waals surface area contributed by atoms with E-state index in [9.17, 15) is 0 Å². The second-order valence-corrected chi connectivity index (χ2v) is 4.23. The van der Waals surface area contributed by atoms with Crippen LogP contribution in [0.15, 0.2) is 30.5 Å². The lowest BCUT2D eigenvalue weighted by atomic mass is 10.1. The van der Waals surface area contributed by atoms with E-state index in [1.54, 1.807) is 0 Å². The predicted molar refractivity (Wildman–Crippen MR) is 64.5 cm³/mol. The largest absolute Gasteiger partial charge is 0.367 e. The smallest absolute Gasteiger partial charge is 0.0433 e. The van der Waals surface area contributed by atoms with Crippen LogP contribution in [0.2, 0.25) is 0 Å². The molecule has 0 saturated heterocycles. The standard InChI is InChI=1S/C14H19N/c1-4-11(3)15-9-13-7-6-12(5-2)8-14(13)10-15/h6-8H,3-5,9-10H2,1-2H3. The molecule has 0 bridgehead atoms. The maximum Gasteiger partial charge on any atom is 0.0433 e. The van der Waals surface area contributed by atoms with Gasteiger partial charge in [-0.15, -0.1) is 0 Å². The van der Waals surface area contributed by atoms with Crippen LogP contribution in [-0.4, -0.2) is 4.90 Å². The molecule has 80 valence electrons. The minimum Gasteiger partial charge on any atom is -0.367 e. The Labute approximate surface area is 92.4 Å². The molecule has 1 heteroatoms. The highest BCUT2D eigenvalue weighted by Crippen LogP contribution is 2.27. The van der Waals surface area contributed by atoms with Crippen molar-refractivity contribution in [2.45, 2.75) is 39.8 Å². The number of hydrogen-bond acceptors (Lipinski definition) is 1. The zero-order valence-corrected chi connectivity index (χ0v) is 9.71. The van der Waals surface area contributed by atoms with Crippen molar-refractivity contribution in [3.8, 4) is 0 Å². The van der Waals surface area contributed by atoms with E-state index < -0.39 is 0 Å². The number of fused-ring (bicyclic) bond motifs is 1. The summed E-state index contributed by atoms with van der Waals surface area (Å²) in [5.74, 6) is 0. The number of nitrogens with zero attached hydrogens (tertiary/aromatic N) is 1. The third-order valence-electron chi connectivity index (χ3n) is 3.26. The number of allylic oxidation sites excluding steroid dienone is 1. The lowest BCUT2D eigenvalue weighted by molar-refractivity contribution is 0.354. The minimum absolute atomic E-state index is 1.05. The molecule has 15 heavy (non-hydrogen) atoms. The highest BCUT2D eigenvalue weighted by atomic mass is 15.1. The number of aryl methyl sites for hydroxylation is 1. The fourth-order valence-electron chi connectivity index (χ4n) is 2.11. The molecule has 0 unspecified atom stereocenters. The molecule has 2 rings (SSSR count). The molecule has 0 saturated carbocycles. The molecule has 1 aliphatic heterocycles. The zero-order valence-electron chi connectivity index (χ0n) is 9.71. The summed E-state index contributed by atoms with van der Waals surface area (Å²) in [4.78, 5) is 2.38. The monoisotopic (exact) mass is 201 g/mol. The van der Waals surface area contributed by atoms with Crippen molar-refractivity contribution in [1.82, 2.24) is 4.90 Å². The van der Waals surface area contributed by atoms with Crippen LogP contribution >= 0.6 is 0 Å². The maximum absolute atomic E-state index is 4.11. The first-order valence-electron chi connectivity index (χ1n) is 5.78. The lowest BCUT2D eigenvalue weighted by Crippen LogP contribution is -2.13. The van der Waals surface area contributed by atoms with E-state index in [4.69, 9.17) is 0 Å². The van der Waals surface area contributed by atoms with Gasteiger partial charge in [-0.3, -0.25) is 0 Å². The van der Waals surface area contributed by atoms with Gasteiger partial charge in [0, 0.05) is 18.8 Å². The summed E-state index contributed by atoms with van der Waals surface area (Å²) in [6.45, 7) is 10.6. The molecule has 0 aromatic heterocycles. The third kappa shape index (κ3) is 1.92. The first-order chi connectivity index (χ1) is 7.24. The number of rotatable bonds is 3. The fraction of sp³-hybridized carbons (Fsp3) is 0.429. The van der Waals surface area contributed by atoms with E-state index in [-0.39, 0.29) is 0 Å². The molecule has 0 N–H and O–H groups in total. The molecule has 0 atom stereocenters. The van der Waals surface area contributed by atoms with E-state index in [1.807, 2.05) is 0 Å². The van der Waals surface area contributed by atoms with Crippen LogP contribution < -0.4 is 0 Å². The first kappa shape index (κ1) is 10.3. The molecule has 1 nitrogen and oxygen atoms in total. The van der Waals surface area contributed by atoms with Crippen LogP contribution in [0.25, 0.3) is 0 Å². The molecule has 1 aromatic carbocycles. The summed E-state index contributed by atoms with van der Waals surface area (Å²) in [5, 5.41) is 0. The summed E-state index contributed by atoms with van der Waals surface area (Å²) < 4.78 is 0. The molecule has 0 fully saturated rings.